The van der Waals surface area contributed by atoms with Crippen LogP contribution in [0, 0.1) is 0 Å². The lowest BCUT2D eigenvalue weighted by Gasteiger charge is -2.17. The molecule has 0 spiro atoms. The van der Waals surface area contributed by atoms with Gasteiger partial charge in [-0.15, -0.1) is 11.3 Å². The lowest BCUT2D eigenvalue weighted by molar-refractivity contribution is -0.136. The van der Waals surface area contributed by atoms with Gasteiger partial charge in [0, 0.05) is 21.8 Å². The molecule has 2 N–H and O–H groups in total. The minimum absolute atomic E-state index is 0.0473. The fraction of sp³-hybridized carbons (Fsp3) is 0.500. The number of thiophene rings is 1. The second-order valence-corrected chi connectivity index (χ2v) is 13.3. The summed E-state index contributed by atoms with van der Waals surface area (Å²) in [5.74, 6) is -0.0730. The van der Waals surface area contributed by atoms with Crippen molar-refractivity contribution < 1.29 is 45.6 Å². The molecule has 2 rings (SSSR count). The van der Waals surface area contributed by atoms with Gasteiger partial charge in [-0.3, -0.25) is 4.57 Å². The molecule has 1 atom stereocenters. The highest BCUT2D eigenvalue weighted by atomic mass is 79.9. The Balaban J connectivity index is 2.55. The minimum atomic E-state index is -5.87. The van der Waals surface area contributed by atoms with Gasteiger partial charge in [0.1, 0.15) is 26.7 Å². The summed E-state index contributed by atoms with van der Waals surface area (Å²) >= 11 is 1.64. The van der Waals surface area contributed by atoms with Gasteiger partial charge in [0.2, 0.25) is 0 Å². The van der Waals surface area contributed by atoms with Crippen LogP contribution in [0.2, 0.25) is 0 Å². The molecule has 0 amide bonds. The van der Waals surface area contributed by atoms with E-state index in [-0.39, 0.29) is 32.5 Å². The normalized spacial score (nSPS) is 14.9. The average Bonchev–Trinajstić information content (AvgIpc) is 2.98. The number of nitrogens with zero attached hydrogens (tertiary/aromatic N) is 1. The maximum Gasteiger partial charge on any atom is 0.400 e. The Labute approximate surface area is 201 Å². The van der Waals surface area contributed by atoms with Crippen molar-refractivity contribution in [3.05, 3.63) is 27.0 Å². The van der Waals surface area contributed by atoms with E-state index in [9.17, 15) is 31.1 Å². The van der Waals surface area contributed by atoms with Gasteiger partial charge in [-0.05, 0) is 55.3 Å². The standard InChI is InChI=1S/C18H20BrF5NO5PS2/c1-16(2,3)33(29)25-9-10-7-11-13(19)15(18(23,24)31(26,27)28)32-14(11)12(8-10)30-6-4-5-17(20,21)22/h7-9H,4-6H2,1-3H3,(H2,26,27,28)/b25-9+. The number of hydrogen-bond donors (Lipinski definition) is 2. The second-order valence-electron chi connectivity index (χ2n) is 7.89. The van der Waals surface area contributed by atoms with Crippen molar-refractivity contribution in [2.75, 3.05) is 6.61 Å². The molecule has 1 aromatic carbocycles. The van der Waals surface area contributed by atoms with Gasteiger partial charge < -0.3 is 19.1 Å². The van der Waals surface area contributed by atoms with Crippen LogP contribution in [-0.4, -0.2) is 38.1 Å². The van der Waals surface area contributed by atoms with Crippen molar-refractivity contribution in [1.29, 1.82) is 0 Å². The monoisotopic (exact) mass is 599 g/mol. The Morgan fingerprint density at radius 1 is 1.24 bits per heavy atom. The predicted molar refractivity (Wildman–Crippen MR) is 122 cm³/mol. The van der Waals surface area contributed by atoms with Gasteiger partial charge >= 0.3 is 19.4 Å². The Morgan fingerprint density at radius 3 is 2.36 bits per heavy atom. The van der Waals surface area contributed by atoms with Crippen LogP contribution in [0.25, 0.3) is 10.1 Å². The van der Waals surface area contributed by atoms with Gasteiger partial charge in [-0.2, -0.15) is 22.0 Å². The molecule has 6 nitrogen and oxygen atoms in total. The molecule has 0 bridgehead atoms. The van der Waals surface area contributed by atoms with Gasteiger partial charge in [0.15, 0.2) is 0 Å². The molecule has 0 saturated heterocycles. The molecule has 33 heavy (non-hydrogen) atoms. The zero-order valence-electron chi connectivity index (χ0n) is 17.5. The summed E-state index contributed by atoms with van der Waals surface area (Å²) in [7, 11) is -5.87. The van der Waals surface area contributed by atoms with Crippen LogP contribution in [0.3, 0.4) is 0 Å². The molecule has 15 heteroatoms. The van der Waals surface area contributed by atoms with E-state index in [4.69, 9.17) is 14.5 Å². The van der Waals surface area contributed by atoms with E-state index in [1.54, 1.807) is 20.8 Å². The third kappa shape index (κ3) is 7.12. The molecule has 1 unspecified atom stereocenters. The van der Waals surface area contributed by atoms with Gasteiger partial charge in [-0.25, -0.2) is 0 Å². The Kier molecular flexibility index (Phi) is 8.70. The first-order valence-corrected chi connectivity index (χ1v) is 13.5. The van der Waals surface area contributed by atoms with Crippen molar-refractivity contribution in [2.45, 2.75) is 50.2 Å². The second kappa shape index (κ2) is 10.1. The predicted octanol–water partition coefficient (Wildman–Crippen LogP) is 6.49. The van der Waals surface area contributed by atoms with Crippen molar-refractivity contribution in [1.82, 2.24) is 0 Å². The van der Waals surface area contributed by atoms with Crippen LogP contribution < -0.4 is 4.74 Å². The van der Waals surface area contributed by atoms with Crippen LogP contribution >= 0.6 is 34.9 Å². The molecule has 0 radical (unpaired) electrons. The fourth-order valence-electron chi connectivity index (χ4n) is 2.39. The molecule has 1 heterocycles. The highest BCUT2D eigenvalue weighted by Gasteiger charge is 2.53. The first-order chi connectivity index (χ1) is 14.8. The number of halogens is 6. The van der Waals surface area contributed by atoms with Crippen molar-refractivity contribution in [3.8, 4) is 5.75 Å². The molecule has 0 aliphatic rings. The van der Waals surface area contributed by atoms with E-state index in [1.165, 1.54) is 18.3 Å². The Morgan fingerprint density at radius 2 is 1.85 bits per heavy atom. The highest BCUT2D eigenvalue weighted by molar-refractivity contribution is 9.10. The first kappa shape index (κ1) is 28.5. The van der Waals surface area contributed by atoms with Crippen molar-refractivity contribution >= 4 is 62.5 Å². The lowest BCUT2D eigenvalue weighted by Crippen LogP contribution is -2.25. The smallest absolute Gasteiger partial charge is 0.400 e. The van der Waals surface area contributed by atoms with E-state index in [0.717, 1.165) is 0 Å². The van der Waals surface area contributed by atoms with Crippen LogP contribution in [0.4, 0.5) is 22.0 Å². The molecule has 0 aliphatic carbocycles. The third-order valence-electron chi connectivity index (χ3n) is 4.04. The number of benzene rings is 1. The van der Waals surface area contributed by atoms with Crippen LogP contribution in [0.5, 0.6) is 5.75 Å². The van der Waals surface area contributed by atoms with Gasteiger partial charge in [0.25, 0.3) is 0 Å². The molecule has 1 aromatic heterocycles. The SMILES string of the molecule is CC(C)(C)[S+]([O-])/N=C/c1cc(OCCCC(F)(F)F)c2sc(C(F)(F)P(=O)(O)O)c(Br)c2c1. The molecular formula is C18H20BrF5NO5PS2. The largest absolute Gasteiger partial charge is 0.591 e. The fourth-order valence-corrected chi connectivity index (χ4v) is 5.90. The number of fused-ring (bicyclic) bond motifs is 1. The van der Waals surface area contributed by atoms with Crippen molar-refractivity contribution in [2.24, 2.45) is 4.40 Å². The minimum Gasteiger partial charge on any atom is -0.591 e. The third-order valence-corrected chi connectivity index (χ3v) is 8.87. The van der Waals surface area contributed by atoms with Gasteiger partial charge in [0.05, 0.1) is 17.5 Å². The maximum absolute atomic E-state index is 14.4. The Bertz CT molecular complexity index is 1080. The van der Waals surface area contributed by atoms with Gasteiger partial charge in [-0.1, -0.05) is 4.40 Å². The molecular weight excluding hydrogens is 580 g/mol. The first-order valence-electron chi connectivity index (χ1n) is 9.20. The van der Waals surface area contributed by atoms with E-state index in [0.29, 0.717) is 11.3 Å². The zero-order chi connectivity index (χ0) is 25.4. The summed E-state index contributed by atoms with van der Waals surface area (Å²) in [6, 6.07) is 2.68. The summed E-state index contributed by atoms with van der Waals surface area (Å²) in [5, 5.41) is 0.0828. The Hall–Kier alpha value is -0.760. The summed E-state index contributed by atoms with van der Waals surface area (Å²) in [5.41, 5.74) is -4.26. The molecule has 2 aromatic rings. The number of hydrogen-bond acceptors (Lipinski definition) is 5. The maximum atomic E-state index is 14.4. The van der Waals surface area contributed by atoms with E-state index < -0.39 is 53.3 Å². The number of ether oxygens (including phenoxy) is 1. The highest BCUT2D eigenvalue weighted by Crippen LogP contribution is 2.63. The van der Waals surface area contributed by atoms with E-state index in [1.807, 2.05) is 0 Å². The van der Waals surface area contributed by atoms with Crippen molar-refractivity contribution in [3.63, 3.8) is 0 Å². The summed E-state index contributed by atoms with van der Waals surface area (Å²) in [4.78, 5) is 17.2. The van der Waals surface area contributed by atoms with Crippen LogP contribution in [0.15, 0.2) is 21.0 Å². The number of alkyl halides is 5. The number of rotatable bonds is 8. The molecule has 0 aliphatic heterocycles. The molecule has 0 saturated carbocycles. The summed E-state index contributed by atoms with van der Waals surface area (Å²) in [6.45, 7) is 4.67. The summed E-state index contributed by atoms with van der Waals surface area (Å²) in [6.07, 6.45) is -4.70. The van der Waals surface area contributed by atoms with Crippen LogP contribution in [0.1, 0.15) is 44.1 Å². The van der Waals surface area contributed by atoms with Crippen LogP contribution in [-0.2, 0) is 21.6 Å². The summed E-state index contributed by atoms with van der Waals surface area (Å²) < 4.78 is 98.0. The van der Waals surface area contributed by atoms with E-state index >= 15 is 0 Å². The van der Waals surface area contributed by atoms with E-state index in [2.05, 4.69) is 20.3 Å². The quantitative estimate of drug-likeness (QED) is 0.119. The zero-order valence-corrected chi connectivity index (χ0v) is 21.6. The lowest BCUT2D eigenvalue weighted by atomic mass is 10.1. The topological polar surface area (TPSA) is 102 Å². The molecule has 186 valence electrons. The average molecular weight is 600 g/mol. The molecule has 0 fully saturated rings.